The second-order valence-electron chi connectivity index (χ2n) is 6.80. The van der Waals surface area contributed by atoms with Gasteiger partial charge in [-0.1, -0.05) is 23.7 Å². The molecule has 0 atom stereocenters. The summed E-state index contributed by atoms with van der Waals surface area (Å²) in [6.07, 6.45) is 0. The number of carbonyl (C=O) groups is 1. The van der Waals surface area contributed by atoms with Crippen LogP contribution in [0.1, 0.15) is 5.56 Å². The number of carbonyl (C=O) groups excluding carboxylic acids is 1. The van der Waals surface area contributed by atoms with Crippen molar-refractivity contribution in [2.24, 2.45) is 0 Å². The molecule has 2 aromatic carbocycles. The molecule has 0 saturated carbocycles. The molecule has 0 aromatic heterocycles. The van der Waals surface area contributed by atoms with Crippen molar-refractivity contribution in [3.63, 3.8) is 0 Å². The molecule has 7 heteroatoms. The van der Waals surface area contributed by atoms with E-state index in [9.17, 15) is 4.79 Å². The number of hydrogen-bond acceptors (Lipinski definition) is 5. The summed E-state index contributed by atoms with van der Waals surface area (Å²) in [5.74, 6) is 1.47. The van der Waals surface area contributed by atoms with Gasteiger partial charge in [0.25, 0.3) is 0 Å². The zero-order chi connectivity index (χ0) is 19.9. The van der Waals surface area contributed by atoms with Crippen molar-refractivity contribution in [3.05, 3.63) is 53.1 Å². The number of ether oxygens (including phenoxy) is 2. The van der Waals surface area contributed by atoms with Crippen LogP contribution in [0.2, 0.25) is 5.02 Å². The standard InChI is InChI=1S/C21H26ClN3O3/c1-27-19-7-6-16(12-20(19)28-2)14-24-8-10-25(11-9-24)15-21(26)23-18-5-3-4-17(22)13-18/h3-7,12-13H,8-11,14-15H2,1-2H3,(H,23,26). The summed E-state index contributed by atoms with van der Waals surface area (Å²) < 4.78 is 10.7. The maximum absolute atomic E-state index is 12.3. The molecule has 2 aromatic rings. The van der Waals surface area contributed by atoms with E-state index in [0.717, 1.165) is 49.9 Å². The lowest BCUT2D eigenvalue weighted by Crippen LogP contribution is -2.48. The minimum atomic E-state index is -0.0180. The fourth-order valence-corrected chi connectivity index (χ4v) is 3.50. The Morgan fingerprint density at radius 1 is 1.00 bits per heavy atom. The molecule has 0 bridgehead atoms. The smallest absolute Gasteiger partial charge is 0.238 e. The molecule has 1 amide bonds. The minimum Gasteiger partial charge on any atom is -0.493 e. The topological polar surface area (TPSA) is 54.0 Å². The van der Waals surface area contributed by atoms with Gasteiger partial charge >= 0.3 is 0 Å². The number of halogens is 1. The highest BCUT2D eigenvalue weighted by Crippen LogP contribution is 2.28. The Labute approximate surface area is 171 Å². The third-order valence-electron chi connectivity index (χ3n) is 4.79. The van der Waals surface area contributed by atoms with Gasteiger partial charge in [0, 0.05) is 43.4 Å². The average Bonchev–Trinajstić information content (AvgIpc) is 2.69. The Bertz CT molecular complexity index is 807. The molecule has 1 fully saturated rings. The summed E-state index contributed by atoms with van der Waals surface area (Å²) in [5.41, 5.74) is 1.91. The molecule has 1 saturated heterocycles. The number of anilines is 1. The number of nitrogens with one attached hydrogen (secondary N) is 1. The summed E-state index contributed by atoms with van der Waals surface area (Å²) >= 11 is 5.96. The van der Waals surface area contributed by atoms with Gasteiger partial charge in [0.15, 0.2) is 11.5 Å². The summed E-state index contributed by atoms with van der Waals surface area (Å²) in [6, 6.07) is 13.2. The van der Waals surface area contributed by atoms with Crippen molar-refractivity contribution < 1.29 is 14.3 Å². The third-order valence-corrected chi connectivity index (χ3v) is 5.03. The van der Waals surface area contributed by atoms with Crippen LogP contribution >= 0.6 is 11.6 Å². The Morgan fingerprint density at radius 2 is 1.71 bits per heavy atom. The molecular formula is C21H26ClN3O3. The second-order valence-corrected chi connectivity index (χ2v) is 7.24. The van der Waals surface area contributed by atoms with E-state index in [4.69, 9.17) is 21.1 Å². The first-order valence-electron chi connectivity index (χ1n) is 9.28. The molecule has 1 aliphatic rings. The minimum absolute atomic E-state index is 0.0180. The quantitative estimate of drug-likeness (QED) is 0.769. The van der Waals surface area contributed by atoms with Gasteiger partial charge in [-0.2, -0.15) is 0 Å². The van der Waals surface area contributed by atoms with E-state index in [1.807, 2.05) is 24.3 Å². The third kappa shape index (κ3) is 5.61. The summed E-state index contributed by atoms with van der Waals surface area (Å²) in [4.78, 5) is 16.8. The molecule has 1 heterocycles. The Morgan fingerprint density at radius 3 is 2.39 bits per heavy atom. The number of piperazine rings is 1. The monoisotopic (exact) mass is 403 g/mol. The highest BCUT2D eigenvalue weighted by atomic mass is 35.5. The van der Waals surface area contributed by atoms with Crippen molar-refractivity contribution >= 4 is 23.2 Å². The van der Waals surface area contributed by atoms with Crippen LogP contribution in [0, 0.1) is 0 Å². The fourth-order valence-electron chi connectivity index (χ4n) is 3.31. The number of nitrogens with zero attached hydrogens (tertiary/aromatic N) is 2. The van der Waals surface area contributed by atoms with Gasteiger partial charge in [-0.3, -0.25) is 14.6 Å². The molecule has 6 nitrogen and oxygen atoms in total. The molecule has 28 heavy (non-hydrogen) atoms. The highest BCUT2D eigenvalue weighted by molar-refractivity contribution is 6.30. The van der Waals surface area contributed by atoms with Crippen LogP contribution in [0.5, 0.6) is 11.5 Å². The molecule has 0 spiro atoms. The van der Waals surface area contributed by atoms with Crippen LogP contribution in [0.25, 0.3) is 0 Å². The predicted molar refractivity (Wildman–Crippen MR) is 111 cm³/mol. The van der Waals surface area contributed by atoms with Gasteiger partial charge in [0.1, 0.15) is 0 Å². The molecular weight excluding hydrogens is 378 g/mol. The van der Waals surface area contributed by atoms with Gasteiger partial charge in [-0.05, 0) is 35.9 Å². The lowest BCUT2D eigenvalue weighted by Gasteiger charge is -2.34. The zero-order valence-electron chi connectivity index (χ0n) is 16.3. The van der Waals surface area contributed by atoms with Gasteiger partial charge in [-0.15, -0.1) is 0 Å². The van der Waals surface area contributed by atoms with Crippen molar-refractivity contribution in [2.75, 3.05) is 52.3 Å². The van der Waals surface area contributed by atoms with E-state index in [0.29, 0.717) is 11.6 Å². The number of benzene rings is 2. The Hall–Kier alpha value is -2.28. The van der Waals surface area contributed by atoms with Crippen LogP contribution in [0.4, 0.5) is 5.69 Å². The lowest BCUT2D eigenvalue weighted by molar-refractivity contribution is -0.117. The van der Waals surface area contributed by atoms with E-state index in [2.05, 4.69) is 21.2 Å². The number of rotatable bonds is 7. The Balaban J connectivity index is 1.46. The second kappa shape index (κ2) is 9.78. The van der Waals surface area contributed by atoms with Gasteiger partial charge < -0.3 is 14.8 Å². The normalized spacial score (nSPS) is 15.2. The first-order chi connectivity index (χ1) is 13.6. The van der Waals surface area contributed by atoms with Crippen molar-refractivity contribution in [3.8, 4) is 11.5 Å². The lowest BCUT2D eigenvalue weighted by atomic mass is 10.1. The van der Waals surface area contributed by atoms with E-state index in [1.165, 1.54) is 5.56 Å². The first kappa shape index (κ1) is 20.5. The van der Waals surface area contributed by atoms with E-state index >= 15 is 0 Å². The molecule has 1 N–H and O–H groups in total. The number of methoxy groups -OCH3 is 2. The van der Waals surface area contributed by atoms with E-state index in [-0.39, 0.29) is 5.91 Å². The van der Waals surface area contributed by atoms with Crippen LogP contribution in [0.3, 0.4) is 0 Å². The SMILES string of the molecule is COc1ccc(CN2CCN(CC(=O)Nc3cccc(Cl)c3)CC2)cc1OC. The first-order valence-corrected chi connectivity index (χ1v) is 9.66. The van der Waals surface area contributed by atoms with Crippen LogP contribution < -0.4 is 14.8 Å². The summed E-state index contributed by atoms with van der Waals surface area (Å²) in [6.45, 7) is 4.78. The summed E-state index contributed by atoms with van der Waals surface area (Å²) in [7, 11) is 3.29. The van der Waals surface area contributed by atoms with Crippen LogP contribution in [-0.2, 0) is 11.3 Å². The predicted octanol–water partition coefficient (Wildman–Crippen LogP) is 3.11. The van der Waals surface area contributed by atoms with Crippen molar-refractivity contribution in [1.82, 2.24) is 9.80 Å². The van der Waals surface area contributed by atoms with E-state index in [1.54, 1.807) is 26.4 Å². The number of amides is 1. The molecule has 3 rings (SSSR count). The zero-order valence-corrected chi connectivity index (χ0v) is 17.0. The van der Waals surface area contributed by atoms with Crippen molar-refractivity contribution in [2.45, 2.75) is 6.54 Å². The Kier molecular flexibility index (Phi) is 7.14. The highest BCUT2D eigenvalue weighted by Gasteiger charge is 2.19. The summed E-state index contributed by atoms with van der Waals surface area (Å²) in [5, 5.41) is 3.51. The maximum Gasteiger partial charge on any atom is 0.238 e. The van der Waals surface area contributed by atoms with Gasteiger partial charge in [-0.25, -0.2) is 0 Å². The molecule has 1 aliphatic heterocycles. The number of hydrogen-bond donors (Lipinski definition) is 1. The van der Waals surface area contributed by atoms with Crippen molar-refractivity contribution in [1.29, 1.82) is 0 Å². The van der Waals surface area contributed by atoms with E-state index < -0.39 is 0 Å². The van der Waals surface area contributed by atoms with Crippen LogP contribution in [-0.4, -0.2) is 62.7 Å². The average molecular weight is 404 g/mol. The van der Waals surface area contributed by atoms with Gasteiger partial charge in [0.05, 0.1) is 20.8 Å². The largest absolute Gasteiger partial charge is 0.493 e. The molecule has 0 aliphatic carbocycles. The van der Waals surface area contributed by atoms with Crippen LogP contribution in [0.15, 0.2) is 42.5 Å². The maximum atomic E-state index is 12.3. The fraction of sp³-hybridized carbons (Fsp3) is 0.381. The molecule has 0 radical (unpaired) electrons. The van der Waals surface area contributed by atoms with Gasteiger partial charge in [0.2, 0.25) is 5.91 Å². The molecule has 0 unspecified atom stereocenters. The molecule has 150 valence electrons.